The molecule has 0 radical (unpaired) electrons. The molecule has 0 unspecified atom stereocenters. The number of likely N-dealkylation sites (tertiary alicyclic amines) is 1. The van der Waals surface area contributed by atoms with E-state index in [1.165, 1.54) is 48.3 Å². The second-order valence-electron chi connectivity index (χ2n) is 7.46. The van der Waals surface area contributed by atoms with E-state index in [1.54, 1.807) is 0 Å². The number of rotatable bonds is 2. The van der Waals surface area contributed by atoms with E-state index in [0.717, 1.165) is 32.4 Å². The average Bonchev–Trinajstić information content (AvgIpc) is 2.70. The van der Waals surface area contributed by atoms with Crippen LogP contribution in [-0.4, -0.2) is 42.1 Å². The van der Waals surface area contributed by atoms with Gasteiger partial charge in [0.1, 0.15) is 5.54 Å². The van der Waals surface area contributed by atoms with Crippen molar-refractivity contribution in [2.45, 2.75) is 70.3 Å². The monoisotopic (exact) mass is 308 g/mol. The van der Waals surface area contributed by atoms with Crippen molar-refractivity contribution >= 4 is 11.9 Å². The van der Waals surface area contributed by atoms with Crippen molar-refractivity contribution in [2.24, 2.45) is 5.92 Å². The maximum atomic E-state index is 13.0. The molecule has 0 bridgehead atoms. The van der Waals surface area contributed by atoms with Gasteiger partial charge in [0.2, 0.25) is 0 Å². The molecule has 0 aromatic heterocycles. The van der Waals surface area contributed by atoms with Gasteiger partial charge in [-0.3, -0.25) is 4.79 Å². The number of urea groups is 1. The molecular weight excluding hydrogens is 278 g/mol. The zero-order valence-corrected chi connectivity index (χ0v) is 13.8. The smallest absolute Gasteiger partial charge is 0.323 e. The highest BCUT2D eigenvalue weighted by Crippen LogP contribution is 2.37. The number of hydrogen-bond acceptors (Lipinski definition) is 2. The molecule has 2 atom stereocenters. The second kappa shape index (κ2) is 6.57. The molecular formula is C17H30N3O2+. The fraction of sp³-hybridized carbons (Fsp3) is 0.882. The van der Waals surface area contributed by atoms with E-state index in [9.17, 15) is 9.59 Å². The predicted molar refractivity (Wildman–Crippen MR) is 84.4 cm³/mol. The molecule has 3 fully saturated rings. The largest absolute Gasteiger partial charge is 0.329 e. The van der Waals surface area contributed by atoms with Crippen LogP contribution >= 0.6 is 0 Å². The Morgan fingerprint density at radius 3 is 2.45 bits per heavy atom. The lowest BCUT2D eigenvalue weighted by atomic mass is 9.73. The third-order valence-corrected chi connectivity index (χ3v) is 5.94. The molecule has 1 spiro atoms. The van der Waals surface area contributed by atoms with Crippen LogP contribution < -0.4 is 10.2 Å². The van der Waals surface area contributed by atoms with Gasteiger partial charge in [0, 0.05) is 0 Å². The van der Waals surface area contributed by atoms with Crippen LogP contribution in [-0.2, 0) is 4.79 Å². The van der Waals surface area contributed by atoms with Crippen molar-refractivity contribution in [1.29, 1.82) is 0 Å². The van der Waals surface area contributed by atoms with Crippen LogP contribution in [0, 0.1) is 5.92 Å². The first kappa shape index (κ1) is 15.8. The van der Waals surface area contributed by atoms with Crippen molar-refractivity contribution in [3.63, 3.8) is 0 Å². The van der Waals surface area contributed by atoms with Crippen LogP contribution in [0.15, 0.2) is 0 Å². The highest BCUT2D eigenvalue weighted by atomic mass is 16.2. The fourth-order valence-electron chi connectivity index (χ4n) is 4.43. The Morgan fingerprint density at radius 2 is 1.77 bits per heavy atom. The van der Waals surface area contributed by atoms with E-state index in [4.69, 9.17) is 0 Å². The van der Waals surface area contributed by atoms with Gasteiger partial charge in [-0.15, -0.1) is 0 Å². The Morgan fingerprint density at radius 1 is 1.09 bits per heavy atom. The van der Waals surface area contributed by atoms with Crippen LogP contribution in [0.1, 0.15) is 64.7 Å². The molecule has 2 N–H and O–H groups in total. The molecule has 3 rings (SSSR count). The van der Waals surface area contributed by atoms with Crippen molar-refractivity contribution < 1.29 is 14.5 Å². The lowest BCUT2D eigenvalue weighted by Crippen LogP contribution is -3.13. The fourth-order valence-corrected chi connectivity index (χ4v) is 4.43. The number of quaternary nitrogens is 1. The van der Waals surface area contributed by atoms with Crippen LogP contribution in [0.5, 0.6) is 0 Å². The summed E-state index contributed by atoms with van der Waals surface area (Å²) < 4.78 is 0. The summed E-state index contributed by atoms with van der Waals surface area (Å²) in [6.07, 6.45) is 10.4. The van der Waals surface area contributed by atoms with E-state index in [0.29, 0.717) is 6.67 Å². The molecule has 3 aliphatic rings. The topological polar surface area (TPSA) is 53.9 Å². The summed E-state index contributed by atoms with van der Waals surface area (Å²) >= 11 is 0. The minimum absolute atomic E-state index is 0.0410. The normalized spacial score (nSPS) is 34.6. The summed E-state index contributed by atoms with van der Waals surface area (Å²) in [4.78, 5) is 28.3. The van der Waals surface area contributed by atoms with E-state index in [-0.39, 0.29) is 17.9 Å². The Bertz CT molecular complexity index is 432. The van der Waals surface area contributed by atoms with Crippen LogP contribution in [0.2, 0.25) is 0 Å². The first-order chi connectivity index (χ1) is 10.6. The average molecular weight is 308 g/mol. The number of hydrogen-bond donors (Lipinski definition) is 2. The molecule has 22 heavy (non-hydrogen) atoms. The quantitative estimate of drug-likeness (QED) is 0.756. The molecule has 0 aromatic rings. The van der Waals surface area contributed by atoms with Gasteiger partial charge < -0.3 is 10.2 Å². The summed E-state index contributed by atoms with van der Waals surface area (Å²) in [7, 11) is 0. The lowest BCUT2D eigenvalue weighted by molar-refractivity contribution is -0.908. The van der Waals surface area contributed by atoms with Crippen molar-refractivity contribution in [3.8, 4) is 0 Å². The molecule has 2 saturated heterocycles. The molecule has 5 nitrogen and oxygen atoms in total. The van der Waals surface area contributed by atoms with E-state index in [1.807, 2.05) is 0 Å². The van der Waals surface area contributed by atoms with Crippen LogP contribution in [0.25, 0.3) is 0 Å². The number of carbonyl (C=O) groups is 2. The van der Waals surface area contributed by atoms with E-state index in [2.05, 4.69) is 12.2 Å². The van der Waals surface area contributed by atoms with Gasteiger partial charge in [-0.05, 0) is 44.4 Å². The number of nitrogens with one attached hydrogen (secondary N) is 2. The number of carbonyl (C=O) groups excluding carboxylic acids is 2. The third kappa shape index (κ3) is 2.87. The first-order valence-corrected chi connectivity index (χ1v) is 9.11. The van der Waals surface area contributed by atoms with Gasteiger partial charge in [0.15, 0.2) is 6.67 Å². The maximum Gasteiger partial charge on any atom is 0.329 e. The standard InChI is InChI=1S/C17H29N3O2/c1-14-9-5-6-10-17(14)15(21)20(16(22)18-17)13-19-11-7-3-2-4-8-12-19/h14H,2-13H2,1H3,(H,18,22)/p+1/t14-,17-/m0/s1. The molecule has 124 valence electrons. The zero-order chi connectivity index (χ0) is 15.6. The van der Waals surface area contributed by atoms with E-state index < -0.39 is 5.54 Å². The van der Waals surface area contributed by atoms with E-state index >= 15 is 0 Å². The SMILES string of the molecule is C[C@H]1CCCC[C@]12NC(=O)N(C[NH+]1CCCCCCC1)C2=O. The highest BCUT2D eigenvalue weighted by Gasteiger charge is 2.55. The maximum absolute atomic E-state index is 13.0. The number of nitrogens with zero attached hydrogens (tertiary/aromatic N) is 1. The molecule has 1 aliphatic carbocycles. The van der Waals surface area contributed by atoms with Gasteiger partial charge in [-0.25, -0.2) is 9.69 Å². The molecule has 3 amide bonds. The minimum Gasteiger partial charge on any atom is -0.323 e. The highest BCUT2D eigenvalue weighted by molar-refractivity contribution is 6.07. The molecule has 1 saturated carbocycles. The second-order valence-corrected chi connectivity index (χ2v) is 7.46. The summed E-state index contributed by atoms with van der Waals surface area (Å²) in [6.45, 7) is 4.84. The zero-order valence-electron chi connectivity index (χ0n) is 13.8. The van der Waals surface area contributed by atoms with Crippen LogP contribution in [0.3, 0.4) is 0 Å². The van der Waals surface area contributed by atoms with Gasteiger partial charge in [0.05, 0.1) is 13.1 Å². The van der Waals surface area contributed by atoms with Crippen molar-refractivity contribution in [2.75, 3.05) is 19.8 Å². The Labute approximate surface area is 133 Å². The summed E-state index contributed by atoms with van der Waals surface area (Å²) in [6, 6.07) is -0.159. The van der Waals surface area contributed by atoms with Gasteiger partial charge in [-0.1, -0.05) is 26.2 Å². The molecule has 0 aromatic carbocycles. The summed E-state index contributed by atoms with van der Waals surface area (Å²) in [5.41, 5.74) is -0.600. The van der Waals surface area contributed by atoms with Gasteiger partial charge in [0.25, 0.3) is 5.91 Å². The minimum atomic E-state index is -0.600. The third-order valence-electron chi connectivity index (χ3n) is 5.94. The molecule has 5 heteroatoms. The summed E-state index contributed by atoms with van der Waals surface area (Å²) in [5.74, 6) is 0.296. The van der Waals surface area contributed by atoms with Crippen molar-refractivity contribution in [3.05, 3.63) is 0 Å². The van der Waals surface area contributed by atoms with Gasteiger partial charge in [-0.2, -0.15) is 0 Å². The van der Waals surface area contributed by atoms with Crippen molar-refractivity contribution in [1.82, 2.24) is 10.2 Å². The first-order valence-electron chi connectivity index (χ1n) is 9.11. The summed E-state index contributed by atoms with van der Waals surface area (Å²) in [5, 5.41) is 3.06. The lowest BCUT2D eigenvalue weighted by Gasteiger charge is -2.37. The predicted octanol–water partition coefficient (Wildman–Crippen LogP) is 1.29. The van der Waals surface area contributed by atoms with Crippen LogP contribution in [0.4, 0.5) is 4.79 Å². The number of imide groups is 1. The Balaban J connectivity index is 1.68. The molecule has 2 heterocycles. The Kier molecular flexibility index (Phi) is 4.71. The number of amides is 3. The van der Waals surface area contributed by atoms with Gasteiger partial charge >= 0.3 is 6.03 Å². The molecule has 2 aliphatic heterocycles. The Hall–Kier alpha value is -1.10.